The van der Waals surface area contributed by atoms with Gasteiger partial charge in [-0.1, -0.05) is 40.9 Å². The van der Waals surface area contributed by atoms with Crippen LogP contribution >= 0.6 is 23.2 Å². The first-order valence-corrected chi connectivity index (χ1v) is 11.5. The summed E-state index contributed by atoms with van der Waals surface area (Å²) < 4.78 is 0. The maximum Gasteiger partial charge on any atom is 0.250 e. The molecule has 164 valence electrons. The Bertz CT molecular complexity index is 1250. The largest absolute Gasteiger partial charge is 0.324 e. The summed E-state index contributed by atoms with van der Waals surface area (Å²) in [4.78, 5) is 44.7. The molecular formula is C24H21Cl2N3O3. The second kappa shape index (κ2) is 6.56. The number of hydrogen-bond donors (Lipinski definition) is 1. The van der Waals surface area contributed by atoms with Crippen molar-refractivity contribution in [2.45, 2.75) is 38.3 Å². The number of benzene rings is 2. The van der Waals surface area contributed by atoms with Crippen molar-refractivity contribution in [1.29, 1.82) is 0 Å². The van der Waals surface area contributed by atoms with Gasteiger partial charge in [0.25, 0.3) is 0 Å². The summed E-state index contributed by atoms with van der Waals surface area (Å²) in [7, 11) is 0. The molecule has 0 aliphatic carbocycles. The van der Waals surface area contributed by atoms with E-state index in [2.05, 4.69) is 10.2 Å². The lowest BCUT2D eigenvalue weighted by Crippen LogP contribution is -2.54. The number of aryl methyl sites for hydroxylation is 2. The van der Waals surface area contributed by atoms with Crippen molar-refractivity contribution in [2.24, 2.45) is 11.8 Å². The van der Waals surface area contributed by atoms with Crippen LogP contribution in [0.1, 0.15) is 29.5 Å². The molecule has 6 nitrogen and oxygen atoms in total. The highest BCUT2D eigenvalue weighted by atomic mass is 35.5. The number of carbonyl (C=O) groups is 3. The third-order valence-electron chi connectivity index (χ3n) is 7.60. The second-order valence-electron chi connectivity index (χ2n) is 9.24. The first kappa shape index (κ1) is 20.2. The molecule has 4 aliphatic heterocycles. The average molecular weight is 470 g/mol. The molecule has 1 spiro atoms. The van der Waals surface area contributed by atoms with Gasteiger partial charge in [-0.05, 0) is 57.0 Å². The van der Waals surface area contributed by atoms with Gasteiger partial charge in [0.2, 0.25) is 17.7 Å². The van der Waals surface area contributed by atoms with Gasteiger partial charge in [-0.2, -0.15) is 0 Å². The maximum absolute atomic E-state index is 13.9. The monoisotopic (exact) mass is 469 g/mol. The number of imide groups is 1. The van der Waals surface area contributed by atoms with E-state index in [-0.39, 0.29) is 28.8 Å². The third-order valence-corrected chi connectivity index (χ3v) is 8.34. The van der Waals surface area contributed by atoms with Gasteiger partial charge >= 0.3 is 0 Å². The number of nitrogens with one attached hydrogen (secondary N) is 1. The quantitative estimate of drug-likeness (QED) is 0.639. The summed E-state index contributed by atoms with van der Waals surface area (Å²) in [6.07, 6.45) is 1.67. The molecule has 4 aliphatic rings. The molecule has 8 heteroatoms. The molecule has 2 aromatic carbocycles. The molecule has 0 aromatic heterocycles. The Kier molecular flexibility index (Phi) is 4.15. The van der Waals surface area contributed by atoms with Gasteiger partial charge in [0, 0.05) is 17.3 Å². The molecule has 3 saturated heterocycles. The SMILES string of the molecule is Cc1cc(C)c2c(c1)[C@]1(C(=O)N2)[C@@H]2C(=O)N(c3ccc(Cl)c(Cl)c3)C(=O)[C@@H]2[C@@H]2CCCN21. The lowest BCUT2D eigenvalue weighted by molar-refractivity contribution is -0.135. The van der Waals surface area contributed by atoms with Crippen molar-refractivity contribution in [3.63, 3.8) is 0 Å². The molecule has 4 atom stereocenters. The van der Waals surface area contributed by atoms with Crippen molar-refractivity contribution in [1.82, 2.24) is 4.90 Å². The highest BCUT2D eigenvalue weighted by Crippen LogP contribution is 2.61. The smallest absolute Gasteiger partial charge is 0.250 e. The highest BCUT2D eigenvalue weighted by molar-refractivity contribution is 6.42. The van der Waals surface area contributed by atoms with E-state index in [0.29, 0.717) is 17.3 Å². The number of amides is 3. The Morgan fingerprint density at radius 1 is 1.03 bits per heavy atom. The summed E-state index contributed by atoms with van der Waals surface area (Å²) in [5, 5.41) is 3.68. The summed E-state index contributed by atoms with van der Waals surface area (Å²) in [6, 6.07) is 8.61. The Balaban J connectivity index is 1.57. The van der Waals surface area contributed by atoms with Gasteiger partial charge in [0.15, 0.2) is 0 Å². The van der Waals surface area contributed by atoms with E-state index in [1.165, 1.54) is 11.0 Å². The number of rotatable bonds is 1. The molecule has 3 amide bonds. The van der Waals surface area contributed by atoms with Gasteiger partial charge in [0.1, 0.15) is 5.54 Å². The van der Waals surface area contributed by atoms with Crippen LogP contribution in [0.3, 0.4) is 0 Å². The standard InChI is InChI=1S/C24H21Cl2N3O3/c1-11-8-12(2)20-14(9-11)24(23(32)27-20)19-18(17-4-3-7-28(17)24)21(30)29(22(19)31)13-5-6-15(25)16(26)10-13/h5-6,8-10,17-19H,3-4,7H2,1-2H3,(H,27,32)/t17-,18+,19-,24+/m0/s1. The molecule has 0 radical (unpaired) electrons. The third kappa shape index (κ3) is 2.28. The minimum atomic E-state index is -1.17. The second-order valence-corrected chi connectivity index (χ2v) is 10.1. The van der Waals surface area contributed by atoms with Crippen LogP contribution in [-0.2, 0) is 19.9 Å². The van der Waals surface area contributed by atoms with E-state index in [9.17, 15) is 14.4 Å². The number of halogens is 2. The van der Waals surface area contributed by atoms with Crippen molar-refractivity contribution < 1.29 is 14.4 Å². The van der Waals surface area contributed by atoms with E-state index < -0.39 is 17.4 Å². The van der Waals surface area contributed by atoms with Gasteiger partial charge < -0.3 is 5.32 Å². The Morgan fingerprint density at radius 2 is 1.81 bits per heavy atom. The lowest BCUT2D eigenvalue weighted by atomic mass is 9.75. The summed E-state index contributed by atoms with van der Waals surface area (Å²) in [6.45, 7) is 4.63. The van der Waals surface area contributed by atoms with Crippen LogP contribution in [0.4, 0.5) is 11.4 Å². The van der Waals surface area contributed by atoms with E-state index >= 15 is 0 Å². The minimum Gasteiger partial charge on any atom is -0.324 e. The first-order chi connectivity index (χ1) is 15.3. The molecule has 3 fully saturated rings. The van der Waals surface area contributed by atoms with Crippen molar-refractivity contribution >= 4 is 52.3 Å². The maximum atomic E-state index is 13.9. The van der Waals surface area contributed by atoms with Crippen LogP contribution in [0.15, 0.2) is 30.3 Å². The Labute approximate surface area is 195 Å². The number of carbonyl (C=O) groups excluding carboxylic acids is 3. The van der Waals surface area contributed by atoms with Crippen molar-refractivity contribution in [3.8, 4) is 0 Å². The zero-order valence-electron chi connectivity index (χ0n) is 17.6. The van der Waals surface area contributed by atoms with Gasteiger partial charge in [-0.3, -0.25) is 19.3 Å². The molecule has 1 N–H and O–H groups in total. The highest BCUT2D eigenvalue weighted by Gasteiger charge is 2.74. The van der Waals surface area contributed by atoms with Crippen LogP contribution in [0, 0.1) is 25.7 Å². The van der Waals surface area contributed by atoms with Gasteiger partial charge in [-0.25, -0.2) is 4.90 Å². The van der Waals surface area contributed by atoms with Gasteiger partial charge in [-0.15, -0.1) is 0 Å². The van der Waals surface area contributed by atoms with Gasteiger partial charge in [0.05, 0.1) is 27.6 Å². The summed E-state index contributed by atoms with van der Waals surface area (Å²) in [5.74, 6) is -2.18. The zero-order chi connectivity index (χ0) is 22.5. The number of hydrogen-bond acceptors (Lipinski definition) is 4. The fraction of sp³-hybridized carbons (Fsp3) is 0.375. The predicted octanol–water partition coefficient (Wildman–Crippen LogP) is 4.04. The average Bonchev–Trinajstić information content (AvgIpc) is 3.44. The van der Waals surface area contributed by atoms with E-state index in [0.717, 1.165) is 35.2 Å². The van der Waals surface area contributed by atoms with Crippen LogP contribution in [0.25, 0.3) is 0 Å². The molecule has 4 heterocycles. The lowest BCUT2D eigenvalue weighted by Gasteiger charge is -2.36. The van der Waals surface area contributed by atoms with E-state index in [1.54, 1.807) is 12.1 Å². The number of anilines is 2. The van der Waals surface area contributed by atoms with Crippen molar-refractivity contribution in [3.05, 3.63) is 57.1 Å². The summed E-state index contributed by atoms with van der Waals surface area (Å²) >= 11 is 12.2. The topological polar surface area (TPSA) is 69.7 Å². The zero-order valence-corrected chi connectivity index (χ0v) is 19.1. The van der Waals surface area contributed by atoms with E-state index in [1.807, 2.05) is 26.0 Å². The number of fused-ring (bicyclic) bond motifs is 7. The van der Waals surface area contributed by atoms with Crippen LogP contribution in [0.5, 0.6) is 0 Å². The molecule has 6 rings (SSSR count). The Hall–Kier alpha value is -2.41. The fourth-order valence-corrected chi connectivity index (χ4v) is 6.83. The molecule has 0 unspecified atom stereocenters. The molecule has 0 bridgehead atoms. The van der Waals surface area contributed by atoms with Crippen LogP contribution in [-0.4, -0.2) is 35.2 Å². The first-order valence-electron chi connectivity index (χ1n) is 10.8. The van der Waals surface area contributed by atoms with E-state index in [4.69, 9.17) is 23.2 Å². The predicted molar refractivity (Wildman–Crippen MR) is 122 cm³/mol. The molecule has 2 aromatic rings. The number of nitrogens with zero attached hydrogens (tertiary/aromatic N) is 2. The molecule has 0 saturated carbocycles. The normalized spacial score (nSPS) is 30.8. The van der Waals surface area contributed by atoms with Crippen LogP contribution < -0.4 is 10.2 Å². The fourth-order valence-electron chi connectivity index (χ4n) is 6.54. The van der Waals surface area contributed by atoms with Crippen LogP contribution in [0.2, 0.25) is 10.0 Å². The minimum absolute atomic E-state index is 0.151. The Morgan fingerprint density at radius 3 is 2.56 bits per heavy atom. The molecule has 32 heavy (non-hydrogen) atoms. The van der Waals surface area contributed by atoms with Crippen molar-refractivity contribution in [2.75, 3.05) is 16.8 Å². The summed E-state index contributed by atoms with van der Waals surface area (Å²) in [5.41, 5.74) is 2.78. The molecular weight excluding hydrogens is 449 g/mol.